The number of imidazole rings is 1. The molecule has 2 heterocycles. The van der Waals surface area contributed by atoms with E-state index in [4.69, 9.17) is 4.74 Å². The molecule has 0 atom stereocenters. The molecular formula is C21H31IN6O2. The number of hydrogen-bond donors (Lipinski definition) is 1. The van der Waals surface area contributed by atoms with E-state index in [1.807, 2.05) is 26.2 Å². The van der Waals surface area contributed by atoms with E-state index >= 15 is 0 Å². The fraction of sp³-hybridized carbons (Fsp3) is 0.476. The standard InChI is InChI=1S/C21H30N6O2.HI/c1-4-29-21(28)26-12-10-25(11-13-26)20(22-3)24-15-18-6-5-7-19(14-18)16-27-9-8-23-17(27)2;/h5-9,14H,4,10-13,15-16H2,1-3H3,(H,22,24);1H. The first-order chi connectivity index (χ1) is 14.1. The van der Waals surface area contributed by atoms with Crippen LogP contribution in [0.3, 0.4) is 0 Å². The summed E-state index contributed by atoms with van der Waals surface area (Å²) in [6, 6.07) is 8.54. The van der Waals surface area contributed by atoms with E-state index in [2.05, 4.69) is 49.0 Å². The maximum absolute atomic E-state index is 11.9. The third kappa shape index (κ3) is 6.35. The summed E-state index contributed by atoms with van der Waals surface area (Å²) in [4.78, 5) is 24.5. The SMILES string of the molecule is CCOC(=O)N1CCN(C(=NC)NCc2cccc(Cn3ccnc3C)c2)CC1.I. The highest BCUT2D eigenvalue weighted by Crippen LogP contribution is 2.10. The van der Waals surface area contributed by atoms with Crippen molar-refractivity contribution in [1.29, 1.82) is 0 Å². The van der Waals surface area contributed by atoms with Gasteiger partial charge in [-0.05, 0) is 25.0 Å². The maximum atomic E-state index is 11.9. The molecule has 0 spiro atoms. The molecule has 2 aromatic rings. The molecule has 1 aliphatic rings. The van der Waals surface area contributed by atoms with Gasteiger partial charge in [0.15, 0.2) is 5.96 Å². The number of ether oxygens (including phenoxy) is 1. The minimum atomic E-state index is -0.236. The Morgan fingerprint density at radius 1 is 1.20 bits per heavy atom. The second-order valence-corrected chi connectivity index (χ2v) is 7.00. The first-order valence-electron chi connectivity index (χ1n) is 10.0. The molecule has 1 saturated heterocycles. The number of hydrogen-bond acceptors (Lipinski definition) is 4. The van der Waals surface area contributed by atoms with E-state index in [0.29, 0.717) is 26.2 Å². The zero-order valence-corrected chi connectivity index (χ0v) is 20.2. The van der Waals surface area contributed by atoms with Gasteiger partial charge in [-0.25, -0.2) is 9.78 Å². The number of guanidine groups is 1. The predicted molar refractivity (Wildman–Crippen MR) is 128 cm³/mol. The summed E-state index contributed by atoms with van der Waals surface area (Å²) in [5, 5.41) is 3.44. The molecule has 3 rings (SSSR count). The number of carbonyl (C=O) groups excluding carboxylic acids is 1. The number of rotatable bonds is 5. The Morgan fingerprint density at radius 2 is 1.90 bits per heavy atom. The highest BCUT2D eigenvalue weighted by molar-refractivity contribution is 14.0. The number of aromatic nitrogens is 2. The first kappa shape index (κ1) is 24.0. The van der Waals surface area contributed by atoms with Crippen LogP contribution in [0.4, 0.5) is 4.79 Å². The summed E-state index contributed by atoms with van der Waals surface area (Å²) in [6.45, 7) is 8.49. The van der Waals surface area contributed by atoms with Crippen molar-refractivity contribution in [1.82, 2.24) is 24.7 Å². The van der Waals surface area contributed by atoms with Crippen molar-refractivity contribution >= 4 is 36.0 Å². The molecule has 1 aromatic heterocycles. The minimum absolute atomic E-state index is 0. The molecule has 1 N–H and O–H groups in total. The van der Waals surface area contributed by atoms with Crippen LogP contribution in [0.5, 0.6) is 0 Å². The molecule has 164 valence electrons. The van der Waals surface area contributed by atoms with E-state index in [0.717, 1.165) is 31.4 Å². The number of nitrogens with one attached hydrogen (secondary N) is 1. The number of carbonyl (C=O) groups is 1. The predicted octanol–water partition coefficient (Wildman–Crippen LogP) is 2.71. The molecule has 9 heteroatoms. The Morgan fingerprint density at radius 3 is 2.53 bits per heavy atom. The van der Waals surface area contributed by atoms with Crippen molar-refractivity contribution in [2.24, 2.45) is 4.99 Å². The summed E-state index contributed by atoms with van der Waals surface area (Å²) >= 11 is 0. The van der Waals surface area contributed by atoms with Gasteiger partial charge in [-0.15, -0.1) is 24.0 Å². The molecule has 0 bridgehead atoms. The van der Waals surface area contributed by atoms with Crippen LogP contribution in [0.15, 0.2) is 41.7 Å². The van der Waals surface area contributed by atoms with Crippen LogP contribution in [0, 0.1) is 6.92 Å². The number of halogens is 1. The lowest BCUT2D eigenvalue weighted by Crippen LogP contribution is -2.53. The molecular weight excluding hydrogens is 495 g/mol. The van der Waals surface area contributed by atoms with Crippen molar-refractivity contribution in [3.8, 4) is 0 Å². The zero-order valence-electron chi connectivity index (χ0n) is 17.9. The average Bonchev–Trinajstić information content (AvgIpc) is 3.14. The van der Waals surface area contributed by atoms with Gasteiger partial charge in [-0.2, -0.15) is 0 Å². The number of nitrogens with zero attached hydrogens (tertiary/aromatic N) is 5. The highest BCUT2D eigenvalue weighted by atomic mass is 127. The third-order valence-electron chi connectivity index (χ3n) is 5.04. The van der Waals surface area contributed by atoms with Gasteiger partial charge in [-0.3, -0.25) is 4.99 Å². The summed E-state index contributed by atoms with van der Waals surface area (Å²) < 4.78 is 7.22. The Hall–Kier alpha value is -2.30. The van der Waals surface area contributed by atoms with Gasteiger partial charge in [0.2, 0.25) is 0 Å². The third-order valence-corrected chi connectivity index (χ3v) is 5.04. The van der Waals surface area contributed by atoms with Crippen LogP contribution in [0.1, 0.15) is 23.9 Å². The quantitative estimate of drug-likeness (QED) is 0.369. The van der Waals surface area contributed by atoms with Gasteiger partial charge in [0.05, 0.1) is 6.61 Å². The van der Waals surface area contributed by atoms with Crippen molar-refractivity contribution in [2.45, 2.75) is 26.9 Å². The topological polar surface area (TPSA) is 75.0 Å². The molecule has 1 fully saturated rings. The fourth-order valence-corrected chi connectivity index (χ4v) is 3.43. The number of aryl methyl sites for hydroxylation is 1. The van der Waals surface area contributed by atoms with Gasteiger partial charge < -0.3 is 24.4 Å². The lowest BCUT2D eigenvalue weighted by atomic mass is 10.1. The zero-order chi connectivity index (χ0) is 20.6. The number of amides is 1. The number of piperazine rings is 1. The van der Waals surface area contributed by atoms with Crippen LogP contribution in [0.2, 0.25) is 0 Å². The second-order valence-electron chi connectivity index (χ2n) is 7.00. The molecule has 8 nitrogen and oxygen atoms in total. The molecule has 0 saturated carbocycles. The second kappa shape index (κ2) is 11.8. The summed E-state index contributed by atoms with van der Waals surface area (Å²) in [5.74, 6) is 1.86. The molecule has 1 aliphatic heterocycles. The van der Waals surface area contributed by atoms with E-state index in [1.54, 1.807) is 11.9 Å². The lowest BCUT2D eigenvalue weighted by Gasteiger charge is -2.35. The van der Waals surface area contributed by atoms with Crippen LogP contribution in [0.25, 0.3) is 0 Å². The van der Waals surface area contributed by atoms with Crippen LogP contribution in [-0.2, 0) is 17.8 Å². The molecule has 0 aliphatic carbocycles. The normalized spacial score (nSPS) is 14.3. The summed E-state index contributed by atoms with van der Waals surface area (Å²) in [6.07, 6.45) is 3.59. The Labute approximate surface area is 195 Å². The van der Waals surface area contributed by atoms with Gasteiger partial charge >= 0.3 is 6.09 Å². The Kier molecular flexibility index (Phi) is 9.41. The summed E-state index contributed by atoms with van der Waals surface area (Å²) in [5.41, 5.74) is 2.44. The van der Waals surface area contributed by atoms with E-state index < -0.39 is 0 Å². The molecule has 0 radical (unpaired) electrons. The molecule has 1 amide bonds. The van der Waals surface area contributed by atoms with Crippen molar-refractivity contribution in [2.75, 3.05) is 39.8 Å². The molecule has 0 unspecified atom stereocenters. The number of benzene rings is 1. The van der Waals surface area contributed by atoms with Gasteiger partial charge in [-0.1, -0.05) is 24.3 Å². The Balaban J connectivity index is 0.00000320. The molecule has 1 aromatic carbocycles. The lowest BCUT2D eigenvalue weighted by molar-refractivity contribution is 0.0914. The van der Waals surface area contributed by atoms with E-state index in [1.165, 1.54) is 11.1 Å². The van der Waals surface area contributed by atoms with E-state index in [9.17, 15) is 4.79 Å². The van der Waals surface area contributed by atoms with Crippen LogP contribution >= 0.6 is 24.0 Å². The Bertz CT molecular complexity index is 846. The van der Waals surface area contributed by atoms with Crippen LogP contribution in [-0.4, -0.2) is 71.2 Å². The largest absolute Gasteiger partial charge is 0.450 e. The monoisotopic (exact) mass is 526 g/mol. The van der Waals surface area contributed by atoms with Gasteiger partial charge in [0, 0.05) is 58.7 Å². The van der Waals surface area contributed by atoms with Crippen LogP contribution < -0.4 is 5.32 Å². The van der Waals surface area contributed by atoms with E-state index in [-0.39, 0.29) is 30.1 Å². The summed E-state index contributed by atoms with van der Waals surface area (Å²) in [7, 11) is 1.79. The van der Waals surface area contributed by atoms with Gasteiger partial charge in [0.25, 0.3) is 0 Å². The molecule has 30 heavy (non-hydrogen) atoms. The van der Waals surface area contributed by atoms with Gasteiger partial charge in [0.1, 0.15) is 5.82 Å². The highest BCUT2D eigenvalue weighted by Gasteiger charge is 2.23. The first-order valence-corrected chi connectivity index (χ1v) is 10.0. The smallest absolute Gasteiger partial charge is 0.409 e. The average molecular weight is 526 g/mol. The maximum Gasteiger partial charge on any atom is 0.409 e. The van der Waals surface area contributed by atoms with Crippen molar-refractivity contribution in [3.63, 3.8) is 0 Å². The van der Waals surface area contributed by atoms with Crippen molar-refractivity contribution < 1.29 is 9.53 Å². The van der Waals surface area contributed by atoms with Crippen molar-refractivity contribution in [3.05, 3.63) is 53.6 Å². The minimum Gasteiger partial charge on any atom is -0.450 e. The number of aliphatic imine (C=N–C) groups is 1. The fourth-order valence-electron chi connectivity index (χ4n) is 3.43.